The number of nitrogens with two attached hydrogens (primary N) is 1. The number of carbonyl (C=O) groups is 1. The van der Waals surface area contributed by atoms with Gasteiger partial charge in [0.25, 0.3) is 0 Å². The molecule has 0 aliphatic rings. The van der Waals surface area contributed by atoms with Crippen molar-refractivity contribution in [3.8, 4) is 0 Å². The summed E-state index contributed by atoms with van der Waals surface area (Å²) in [5.41, 5.74) is 5.27. The summed E-state index contributed by atoms with van der Waals surface area (Å²) >= 11 is 0. The molecule has 14 heavy (non-hydrogen) atoms. The standard InChI is InChI=1S/C9H12N2O3/c1-9(10,5-12)6-2-3-11-7(4-6)8(13)14/h2-4,12H,5,10H2,1H3,(H,13,14)/t9-/m0/s1. The Kier molecular flexibility index (Phi) is 2.83. The van der Waals surface area contributed by atoms with Gasteiger partial charge in [0.15, 0.2) is 0 Å². The van der Waals surface area contributed by atoms with Gasteiger partial charge in [-0.05, 0) is 24.6 Å². The summed E-state index contributed by atoms with van der Waals surface area (Å²) in [5.74, 6) is -1.11. The summed E-state index contributed by atoms with van der Waals surface area (Å²) in [6.07, 6.45) is 1.36. The number of carboxylic acid groups (broad SMARTS) is 1. The van der Waals surface area contributed by atoms with Crippen LogP contribution in [0.1, 0.15) is 23.0 Å². The van der Waals surface area contributed by atoms with Crippen LogP contribution < -0.4 is 5.73 Å². The van der Waals surface area contributed by atoms with Crippen molar-refractivity contribution in [1.82, 2.24) is 4.98 Å². The fourth-order valence-corrected chi connectivity index (χ4v) is 0.994. The third kappa shape index (κ3) is 2.07. The average molecular weight is 196 g/mol. The maximum atomic E-state index is 10.6. The van der Waals surface area contributed by atoms with Crippen molar-refractivity contribution in [2.24, 2.45) is 5.73 Å². The Balaban J connectivity index is 3.12. The van der Waals surface area contributed by atoms with E-state index in [0.717, 1.165) is 0 Å². The minimum atomic E-state index is -1.11. The number of carboxylic acids is 1. The van der Waals surface area contributed by atoms with Crippen LogP contribution >= 0.6 is 0 Å². The molecule has 0 fully saturated rings. The molecule has 0 spiro atoms. The van der Waals surface area contributed by atoms with Crippen LogP contribution in [0.2, 0.25) is 0 Å². The maximum Gasteiger partial charge on any atom is 0.354 e. The first kappa shape index (κ1) is 10.6. The van der Waals surface area contributed by atoms with Gasteiger partial charge in [0.2, 0.25) is 0 Å². The van der Waals surface area contributed by atoms with Gasteiger partial charge >= 0.3 is 5.97 Å². The van der Waals surface area contributed by atoms with Crippen LogP contribution in [0.15, 0.2) is 18.3 Å². The minimum absolute atomic E-state index is 0.0763. The van der Waals surface area contributed by atoms with Crippen molar-refractivity contribution < 1.29 is 15.0 Å². The van der Waals surface area contributed by atoms with E-state index in [1.807, 2.05) is 0 Å². The zero-order chi connectivity index (χ0) is 10.8. The summed E-state index contributed by atoms with van der Waals surface area (Å²) in [6.45, 7) is 1.37. The van der Waals surface area contributed by atoms with Gasteiger partial charge in [0, 0.05) is 6.20 Å². The number of hydrogen-bond acceptors (Lipinski definition) is 4. The lowest BCUT2D eigenvalue weighted by Gasteiger charge is -2.22. The lowest BCUT2D eigenvalue weighted by atomic mass is 9.94. The van der Waals surface area contributed by atoms with Gasteiger partial charge in [-0.2, -0.15) is 0 Å². The number of rotatable bonds is 3. The second-order valence-electron chi connectivity index (χ2n) is 3.31. The van der Waals surface area contributed by atoms with E-state index < -0.39 is 11.5 Å². The van der Waals surface area contributed by atoms with Gasteiger partial charge in [0.1, 0.15) is 5.69 Å². The molecule has 0 aromatic carbocycles. The summed E-state index contributed by atoms with van der Waals surface area (Å²) in [7, 11) is 0. The minimum Gasteiger partial charge on any atom is -0.477 e. The topological polar surface area (TPSA) is 96.4 Å². The lowest BCUT2D eigenvalue weighted by Crippen LogP contribution is -2.37. The van der Waals surface area contributed by atoms with E-state index in [4.69, 9.17) is 15.9 Å². The molecule has 0 saturated heterocycles. The van der Waals surface area contributed by atoms with Crippen LogP contribution in [0.5, 0.6) is 0 Å². The third-order valence-corrected chi connectivity index (χ3v) is 1.97. The van der Waals surface area contributed by atoms with Crippen molar-refractivity contribution in [3.63, 3.8) is 0 Å². The fraction of sp³-hybridized carbons (Fsp3) is 0.333. The highest BCUT2D eigenvalue weighted by Crippen LogP contribution is 2.16. The summed E-state index contributed by atoms with van der Waals surface area (Å²) in [4.78, 5) is 14.3. The van der Waals surface area contributed by atoms with Crippen LogP contribution in [0.25, 0.3) is 0 Å². The fourth-order valence-electron chi connectivity index (χ4n) is 0.994. The van der Waals surface area contributed by atoms with E-state index in [2.05, 4.69) is 4.98 Å². The van der Waals surface area contributed by atoms with Crippen LogP contribution in [0.3, 0.4) is 0 Å². The predicted molar refractivity (Wildman–Crippen MR) is 49.8 cm³/mol. The van der Waals surface area contributed by atoms with Crippen molar-refractivity contribution in [3.05, 3.63) is 29.6 Å². The van der Waals surface area contributed by atoms with E-state index in [0.29, 0.717) is 5.56 Å². The molecule has 0 aliphatic heterocycles. The number of aromatic carboxylic acids is 1. The molecule has 0 unspecified atom stereocenters. The number of aromatic nitrogens is 1. The van der Waals surface area contributed by atoms with Crippen LogP contribution in [-0.4, -0.2) is 27.8 Å². The smallest absolute Gasteiger partial charge is 0.354 e. The molecule has 0 radical (unpaired) electrons. The summed E-state index contributed by atoms with van der Waals surface area (Å²) < 4.78 is 0. The molecule has 1 rings (SSSR count). The number of hydrogen-bond donors (Lipinski definition) is 3. The molecule has 76 valence electrons. The molecule has 1 aromatic rings. The van der Waals surface area contributed by atoms with Crippen LogP contribution in [0, 0.1) is 0 Å². The Bertz CT molecular complexity index is 350. The van der Waals surface area contributed by atoms with E-state index in [-0.39, 0.29) is 12.3 Å². The Morgan fingerprint density at radius 1 is 1.71 bits per heavy atom. The molecular formula is C9H12N2O3. The van der Waals surface area contributed by atoms with E-state index >= 15 is 0 Å². The molecule has 0 aliphatic carbocycles. The number of aliphatic hydroxyl groups is 1. The molecule has 1 atom stereocenters. The third-order valence-electron chi connectivity index (χ3n) is 1.97. The highest BCUT2D eigenvalue weighted by Gasteiger charge is 2.21. The lowest BCUT2D eigenvalue weighted by molar-refractivity contribution is 0.0690. The van der Waals surface area contributed by atoms with Crippen molar-refractivity contribution in [1.29, 1.82) is 0 Å². The van der Waals surface area contributed by atoms with Crippen molar-refractivity contribution in [2.45, 2.75) is 12.5 Å². The first-order valence-corrected chi connectivity index (χ1v) is 4.07. The molecule has 5 heteroatoms. The second-order valence-corrected chi connectivity index (χ2v) is 3.31. The van der Waals surface area contributed by atoms with Gasteiger partial charge < -0.3 is 15.9 Å². The quantitative estimate of drug-likeness (QED) is 0.629. The van der Waals surface area contributed by atoms with Gasteiger partial charge in [-0.25, -0.2) is 9.78 Å². The molecule has 1 aromatic heterocycles. The molecular weight excluding hydrogens is 184 g/mol. The second kappa shape index (κ2) is 3.73. The highest BCUT2D eigenvalue weighted by molar-refractivity contribution is 5.85. The van der Waals surface area contributed by atoms with Gasteiger partial charge in [-0.15, -0.1) is 0 Å². The normalized spacial score (nSPS) is 14.8. The largest absolute Gasteiger partial charge is 0.477 e. The van der Waals surface area contributed by atoms with Gasteiger partial charge in [-0.3, -0.25) is 0 Å². The van der Waals surface area contributed by atoms with Crippen molar-refractivity contribution >= 4 is 5.97 Å². The average Bonchev–Trinajstić information content (AvgIpc) is 2.18. The Hall–Kier alpha value is -1.46. The molecule has 0 bridgehead atoms. The Labute approximate surface area is 81.2 Å². The van der Waals surface area contributed by atoms with Crippen molar-refractivity contribution in [2.75, 3.05) is 6.61 Å². The zero-order valence-electron chi connectivity index (χ0n) is 7.77. The van der Waals surface area contributed by atoms with E-state index in [1.165, 1.54) is 12.3 Å². The monoisotopic (exact) mass is 196 g/mol. The van der Waals surface area contributed by atoms with Gasteiger partial charge in [0.05, 0.1) is 12.1 Å². The molecule has 4 N–H and O–H groups in total. The molecule has 5 nitrogen and oxygen atoms in total. The molecule has 0 amide bonds. The Morgan fingerprint density at radius 2 is 2.36 bits per heavy atom. The van der Waals surface area contributed by atoms with Crippen LogP contribution in [0.4, 0.5) is 0 Å². The first-order chi connectivity index (χ1) is 6.47. The molecule has 1 heterocycles. The molecule has 0 saturated carbocycles. The summed E-state index contributed by atoms with van der Waals surface area (Å²) in [5, 5.41) is 17.7. The van der Waals surface area contributed by atoms with Crippen LogP contribution in [-0.2, 0) is 5.54 Å². The maximum absolute atomic E-state index is 10.6. The number of nitrogens with zero attached hydrogens (tertiary/aromatic N) is 1. The SMILES string of the molecule is C[C@](N)(CO)c1ccnc(C(=O)O)c1. The summed E-state index contributed by atoms with van der Waals surface area (Å²) in [6, 6.07) is 2.95. The van der Waals surface area contributed by atoms with E-state index in [9.17, 15) is 4.79 Å². The first-order valence-electron chi connectivity index (χ1n) is 4.07. The number of aliphatic hydroxyl groups excluding tert-OH is 1. The number of pyridine rings is 1. The Morgan fingerprint density at radius 3 is 2.86 bits per heavy atom. The zero-order valence-corrected chi connectivity index (χ0v) is 7.77. The van der Waals surface area contributed by atoms with Gasteiger partial charge in [-0.1, -0.05) is 0 Å². The highest BCUT2D eigenvalue weighted by atomic mass is 16.4. The predicted octanol–water partition coefficient (Wildman–Crippen LogP) is -0.0540. The van der Waals surface area contributed by atoms with E-state index in [1.54, 1.807) is 13.0 Å².